The van der Waals surface area contributed by atoms with Gasteiger partial charge in [0, 0.05) is 17.3 Å². The molecule has 5 fully saturated rings. The van der Waals surface area contributed by atoms with Crippen LogP contribution in [-0.4, -0.2) is 29.6 Å². The molecule has 166 valence electrons. The second-order valence-corrected chi connectivity index (χ2v) is 11.9. The molecule has 1 saturated heterocycles. The molecule has 1 aliphatic heterocycles. The second-order valence-electron chi connectivity index (χ2n) is 11.9. The summed E-state index contributed by atoms with van der Waals surface area (Å²) in [6.07, 6.45) is 15.2. The molecule has 3 heteroatoms. The van der Waals surface area contributed by atoms with E-state index in [-0.39, 0.29) is 10.8 Å². The van der Waals surface area contributed by atoms with Gasteiger partial charge in [-0.3, -0.25) is 4.79 Å². The standard InChI is InChI=1S/C27H41NO2/c1-18-16-27(30)17-20(5-4-19-10-14-28-15-11-19)8-13-26(27,3)22-9-12-25(2)21(24(18)22)6-7-23(25)29/h4-5,19-22,24,28,30H,1,6-17H2,2-3H3/b5-4-/t20-,21+,22+,24+,25+,26-,27-/m1/s1. The van der Waals surface area contributed by atoms with E-state index in [1.165, 1.54) is 24.8 Å². The minimum Gasteiger partial charge on any atom is -0.389 e. The molecule has 0 spiro atoms. The third-order valence-corrected chi connectivity index (χ3v) is 10.5. The lowest BCUT2D eigenvalue weighted by molar-refractivity contribution is -0.189. The van der Waals surface area contributed by atoms with Crippen LogP contribution in [0.5, 0.6) is 0 Å². The monoisotopic (exact) mass is 411 g/mol. The zero-order valence-electron chi connectivity index (χ0n) is 19.1. The van der Waals surface area contributed by atoms with Gasteiger partial charge in [0.05, 0.1) is 5.60 Å². The van der Waals surface area contributed by atoms with Crippen molar-refractivity contribution >= 4 is 5.78 Å². The molecule has 5 aliphatic rings. The number of allylic oxidation sites excluding steroid dienone is 2. The number of nitrogens with one attached hydrogen (secondary N) is 1. The first-order valence-electron chi connectivity index (χ1n) is 12.6. The zero-order valence-corrected chi connectivity index (χ0v) is 19.1. The Balaban J connectivity index is 1.36. The summed E-state index contributed by atoms with van der Waals surface area (Å²) in [4.78, 5) is 12.7. The van der Waals surface area contributed by atoms with Crippen LogP contribution in [0, 0.1) is 40.4 Å². The molecule has 2 N–H and O–H groups in total. The van der Waals surface area contributed by atoms with Crippen molar-refractivity contribution < 1.29 is 9.90 Å². The lowest BCUT2D eigenvalue weighted by atomic mass is 9.42. The van der Waals surface area contributed by atoms with Gasteiger partial charge in [-0.05, 0) is 100 Å². The molecule has 0 unspecified atom stereocenters. The number of carbonyl (C=O) groups excluding carboxylic acids is 1. The van der Waals surface area contributed by atoms with E-state index >= 15 is 0 Å². The van der Waals surface area contributed by atoms with Crippen LogP contribution < -0.4 is 5.32 Å². The predicted molar refractivity (Wildman–Crippen MR) is 121 cm³/mol. The highest BCUT2D eigenvalue weighted by molar-refractivity contribution is 5.87. The number of fused-ring (bicyclic) bond motifs is 5. The van der Waals surface area contributed by atoms with Crippen LogP contribution in [0.2, 0.25) is 0 Å². The van der Waals surface area contributed by atoms with Gasteiger partial charge in [-0.1, -0.05) is 38.2 Å². The van der Waals surface area contributed by atoms with Crippen LogP contribution in [-0.2, 0) is 4.79 Å². The van der Waals surface area contributed by atoms with Gasteiger partial charge in [0.1, 0.15) is 5.78 Å². The average Bonchev–Trinajstić information content (AvgIpc) is 3.03. The Morgan fingerprint density at radius 2 is 1.73 bits per heavy atom. The van der Waals surface area contributed by atoms with E-state index in [0.717, 1.165) is 58.0 Å². The van der Waals surface area contributed by atoms with E-state index in [4.69, 9.17) is 0 Å². The topological polar surface area (TPSA) is 49.3 Å². The summed E-state index contributed by atoms with van der Waals surface area (Å²) in [5.41, 5.74) is 0.437. The molecule has 0 aromatic rings. The highest BCUT2D eigenvalue weighted by Crippen LogP contribution is 2.68. The van der Waals surface area contributed by atoms with E-state index in [1.807, 2.05) is 0 Å². The molecule has 0 aromatic heterocycles. The molecule has 0 radical (unpaired) electrons. The first-order valence-corrected chi connectivity index (χ1v) is 12.6. The fourth-order valence-corrected chi connectivity index (χ4v) is 8.50. The van der Waals surface area contributed by atoms with E-state index < -0.39 is 5.60 Å². The molecule has 4 aliphatic carbocycles. The Morgan fingerprint density at radius 1 is 1.00 bits per heavy atom. The molecule has 0 amide bonds. The van der Waals surface area contributed by atoms with Gasteiger partial charge >= 0.3 is 0 Å². The summed E-state index contributed by atoms with van der Waals surface area (Å²) in [6.45, 7) is 11.4. The van der Waals surface area contributed by atoms with Gasteiger partial charge < -0.3 is 10.4 Å². The van der Waals surface area contributed by atoms with Crippen LogP contribution in [0.1, 0.15) is 78.1 Å². The van der Waals surface area contributed by atoms with Gasteiger partial charge in [0.2, 0.25) is 0 Å². The van der Waals surface area contributed by atoms with Crippen molar-refractivity contribution in [3.8, 4) is 0 Å². The number of carbonyl (C=O) groups is 1. The number of hydrogen-bond acceptors (Lipinski definition) is 3. The third kappa shape index (κ3) is 3.02. The number of Topliss-reactive ketones (excluding diaryl/α,β-unsaturated/α-hetero) is 1. The Hall–Kier alpha value is -0.930. The minimum absolute atomic E-state index is 0.0368. The van der Waals surface area contributed by atoms with Gasteiger partial charge in [0.15, 0.2) is 0 Å². The maximum absolute atomic E-state index is 12.7. The molecule has 0 aromatic carbocycles. The van der Waals surface area contributed by atoms with E-state index in [1.54, 1.807) is 0 Å². The van der Waals surface area contributed by atoms with Crippen molar-refractivity contribution in [3.63, 3.8) is 0 Å². The Morgan fingerprint density at radius 3 is 2.50 bits per heavy atom. The minimum atomic E-state index is -0.636. The van der Waals surface area contributed by atoms with Crippen molar-refractivity contribution in [2.24, 2.45) is 40.4 Å². The van der Waals surface area contributed by atoms with Gasteiger partial charge in [-0.25, -0.2) is 0 Å². The molecule has 1 heterocycles. The molecule has 0 bridgehead atoms. The SMILES string of the molecule is C=C1C[C@@]2(O)C[C@H](/C=C\C3CCNCC3)CC[C@]2(C)[C@H]2CC[C@]3(C)C(=O)CC[C@H]3[C@H]12. The molecular formula is C27H41NO2. The second kappa shape index (κ2) is 7.30. The number of piperidine rings is 1. The number of rotatable bonds is 2. The highest BCUT2D eigenvalue weighted by atomic mass is 16.3. The van der Waals surface area contributed by atoms with Crippen LogP contribution >= 0.6 is 0 Å². The van der Waals surface area contributed by atoms with E-state index in [0.29, 0.717) is 35.4 Å². The normalized spacial score (nSPS) is 49.7. The summed E-state index contributed by atoms with van der Waals surface area (Å²) in [5.74, 6) is 3.05. The van der Waals surface area contributed by atoms with Crippen LogP contribution in [0.4, 0.5) is 0 Å². The van der Waals surface area contributed by atoms with Crippen LogP contribution in [0.15, 0.2) is 24.3 Å². The average molecular weight is 412 g/mol. The zero-order chi connectivity index (χ0) is 21.1. The molecule has 5 rings (SSSR count). The Bertz CT molecular complexity index is 752. The fraction of sp³-hybridized carbons (Fsp3) is 0.815. The lowest BCUT2D eigenvalue weighted by Gasteiger charge is -2.64. The maximum atomic E-state index is 12.7. The first kappa shape index (κ1) is 20.9. The summed E-state index contributed by atoms with van der Waals surface area (Å²) in [5, 5.41) is 15.5. The fourth-order valence-electron chi connectivity index (χ4n) is 8.50. The van der Waals surface area contributed by atoms with Gasteiger partial charge in [0.25, 0.3) is 0 Å². The molecular weight excluding hydrogens is 370 g/mol. The quantitative estimate of drug-likeness (QED) is 0.625. The third-order valence-electron chi connectivity index (χ3n) is 10.5. The maximum Gasteiger partial charge on any atom is 0.139 e. The smallest absolute Gasteiger partial charge is 0.139 e. The molecule has 7 atom stereocenters. The number of aliphatic hydroxyl groups is 1. The number of ketones is 1. The van der Waals surface area contributed by atoms with E-state index in [2.05, 4.69) is 37.9 Å². The Labute approximate surface area is 182 Å². The van der Waals surface area contributed by atoms with Gasteiger partial charge in [-0.15, -0.1) is 0 Å². The van der Waals surface area contributed by atoms with E-state index in [9.17, 15) is 9.90 Å². The molecule has 3 nitrogen and oxygen atoms in total. The van der Waals surface area contributed by atoms with Crippen molar-refractivity contribution in [3.05, 3.63) is 24.3 Å². The van der Waals surface area contributed by atoms with Gasteiger partial charge in [-0.2, -0.15) is 0 Å². The van der Waals surface area contributed by atoms with Crippen molar-refractivity contribution in [2.75, 3.05) is 13.1 Å². The van der Waals surface area contributed by atoms with Crippen LogP contribution in [0.25, 0.3) is 0 Å². The summed E-state index contributed by atoms with van der Waals surface area (Å²) < 4.78 is 0. The van der Waals surface area contributed by atoms with Crippen molar-refractivity contribution in [1.29, 1.82) is 0 Å². The highest BCUT2D eigenvalue weighted by Gasteiger charge is 2.65. The molecule has 4 saturated carbocycles. The number of hydrogen-bond donors (Lipinski definition) is 2. The first-order chi connectivity index (χ1) is 14.3. The van der Waals surface area contributed by atoms with Crippen molar-refractivity contribution in [1.82, 2.24) is 5.32 Å². The van der Waals surface area contributed by atoms with Crippen molar-refractivity contribution in [2.45, 2.75) is 83.7 Å². The lowest BCUT2D eigenvalue weighted by Crippen LogP contribution is -2.62. The predicted octanol–water partition coefficient (Wildman–Crippen LogP) is 5.05. The summed E-state index contributed by atoms with van der Waals surface area (Å²) in [6, 6.07) is 0. The van der Waals surface area contributed by atoms with Crippen LogP contribution in [0.3, 0.4) is 0 Å². The molecule has 30 heavy (non-hydrogen) atoms. The summed E-state index contributed by atoms with van der Waals surface area (Å²) >= 11 is 0. The Kier molecular flexibility index (Phi) is 5.10. The largest absolute Gasteiger partial charge is 0.389 e. The summed E-state index contributed by atoms with van der Waals surface area (Å²) in [7, 11) is 0.